The predicted molar refractivity (Wildman–Crippen MR) is 45.2 cm³/mol. The number of anilines is 1. The Labute approximate surface area is 71.1 Å². The monoisotopic (exact) mass is 157 g/mol. The van der Waals surface area contributed by atoms with E-state index in [2.05, 4.69) is 0 Å². The molecule has 0 unspecified atom stereocenters. The Morgan fingerprint density at radius 3 is 2.50 bits per heavy atom. The second-order valence-electron chi connectivity index (χ2n) is 2.29. The van der Waals surface area contributed by atoms with Crippen LogP contribution < -0.4 is 4.90 Å². The molecular weight excluding hydrogens is 150 g/mol. The molecule has 0 spiro atoms. The second-order valence-corrected chi connectivity index (χ2v) is 2.29. The molecule has 0 N–H and O–H groups in total. The first-order valence-corrected chi connectivity index (χ1v) is 3.42. The Bertz CT molecular complexity index is 357. The highest BCUT2D eigenvalue weighted by molar-refractivity contribution is 5.60. The van der Waals surface area contributed by atoms with Crippen molar-refractivity contribution in [2.75, 3.05) is 11.9 Å². The van der Waals surface area contributed by atoms with Crippen molar-refractivity contribution < 1.29 is 0 Å². The van der Waals surface area contributed by atoms with Crippen molar-refractivity contribution in [1.82, 2.24) is 0 Å². The van der Waals surface area contributed by atoms with Gasteiger partial charge in [0.15, 0.2) is 6.19 Å². The molecule has 0 radical (unpaired) electrons. The average molecular weight is 157 g/mol. The van der Waals surface area contributed by atoms with Gasteiger partial charge in [-0.3, -0.25) is 4.90 Å². The largest absolute Gasteiger partial charge is 0.281 e. The Morgan fingerprint density at radius 2 is 1.92 bits per heavy atom. The van der Waals surface area contributed by atoms with E-state index in [4.69, 9.17) is 10.5 Å². The maximum Gasteiger partial charge on any atom is 0.184 e. The Morgan fingerprint density at radius 1 is 1.25 bits per heavy atom. The lowest BCUT2D eigenvalue weighted by molar-refractivity contribution is 1.20. The zero-order chi connectivity index (χ0) is 8.97. The van der Waals surface area contributed by atoms with Crippen LogP contribution in [0.25, 0.3) is 0 Å². The van der Waals surface area contributed by atoms with E-state index >= 15 is 0 Å². The average Bonchev–Trinajstić information content (AvgIpc) is 2.16. The smallest absolute Gasteiger partial charge is 0.184 e. The molecule has 0 atom stereocenters. The van der Waals surface area contributed by atoms with Gasteiger partial charge in [0.1, 0.15) is 6.07 Å². The summed E-state index contributed by atoms with van der Waals surface area (Å²) in [5.74, 6) is 0. The van der Waals surface area contributed by atoms with Gasteiger partial charge in [-0.2, -0.15) is 10.5 Å². The Hall–Kier alpha value is -2.00. The fourth-order valence-corrected chi connectivity index (χ4v) is 0.915. The zero-order valence-electron chi connectivity index (χ0n) is 6.65. The lowest BCUT2D eigenvalue weighted by Crippen LogP contribution is -2.09. The Balaban J connectivity index is 3.18. The molecule has 1 aromatic carbocycles. The third-order valence-corrected chi connectivity index (χ3v) is 1.54. The minimum atomic E-state index is 0.515. The van der Waals surface area contributed by atoms with Gasteiger partial charge >= 0.3 is 0 Å². The number of nitrogens with zero attached hydrogens (tertiary/aromatic N) is 3. The molecular formula is C9H7N3. The highest BCUT2D eigenvalue weighted by Crippen LogP contribution is 2.16. The molecule has 3 heteroatoms. The maximum absolute atomic E-state index is 8.68. The molecule has 12 heavy (non-hydrogen) atoms. The summed E-state index contributed by atoms with van der Waals surface area (Å²) < 4.78 is 0. The van der Waals surface area contributed by atoms with E-state index in [1.54, 1.807) is 31.3 Å². The minimum absolute atomic E-state index is 0.515. The highest BCUT2D eigenvalue weighted by atomic mass is 15.1. The van der Waals surface area contributed by atoms with Crippen molar-refractivity contribution >= 4 is 5.69 Å². The molecule has 58 valence electrons. The van der Waals surface area contributed by atoms with Gasteiger partial charge in [-0.05, 0) is 12.1 Å². The maximum atomic E-state index is 8.68. The molecule has 3 nitrogen and oxygen atoms in total. The van der Waals surface area contributed by atoms with Gasteiger partial charge in [0.05, 0.1) is 11.3 Å². The van der Waals surface area contributed by atoms with Gasteiger partial charge in [0.25, 0.3) is 0 Å². The number of hydrogen-bond donors (Lipinski definition) is 0. The summed E-state index contributed by atoms with van der Waals surface area (Å²) in [5.41, 5.74) is 1.16. The van der Waals surface area contributed by atoms with Gasteiger partial charge in [-0.15, -0.1) is 0 Å². The predicted octanol–water partition coefficient (Wildman–Crippen LogP) is 1.48. The van der Waals surface area contributed by atoms with Crippen LogP contribution in [-0.4, -0.2) is 7.05 Å². The summed E-state index contributed by atoms with van der Waals surface area (Å²) >= 11 is 0. The molecule has 0 fully saturated rings. The van der Waals surface area contributed by atoms with Gasteiger partial charge < -0.3 is 0 Å². The topological polar surface area (TPSA) is 50.8 Å². The van der Waals surface area contributed by atoms with Crippen molar-refractivity contribution in [2.24, 2.45) is 0 Å². The first-order chi connectivity index (χ1) is 5.79. The van der Waals surface area contributed by atoms with Crippen molar-refractivity contribution in [3.63, 3.8) is 0 Å². The van der Waals surface area contributed by atoms with Gasteiger partial charge in [-0.1, -0.05) is 12.1 Å². The summed E-state index contributed by atoms with van der Waals surface area (Å²) in [6, 6.07) is 9.01. The molecule has 0 aliphatic carbocycles. The molecule has 0 amide bonds. The summed E-state index contributed by atoms with van der Waals surface area (Å²) in [6.07, 6.45) is 1.94. The second kappa shape index (κ2) is 3.41. The third-order valence-electron chi connectivity index (χ3n) is 1.54. The molecule has 0 aliphatic rings. The van der Waals surface area contributed by atoms with Crippen molar-refractivity contribution in [3.05, 3.63) is 29.8 Å². The molecule has 1 aromatic rings. The first-order valence-electron chi connectivity index (χ1n) is 3.42. The van der Waals surface area contributed by atoms with Crippen LogP contribution in [0.4, 0.5) is 5.69 Å². The Kier molecular flexibility index (Phi) is 2.30. The van der Waals surface area contributed by atoms with Crippen LogP contribution in [0.3, 0.4) is 0 Å². The van der Waals surface area contributed by atoms with E-state index in [0.29, 0.717) is 11.3 Å². The van der Waals surface area contributed by atoms with E-state index in [9.17, 15) is 0 Å². The number of benzene rings is 1. The van der Waals surface area contributed by atoms with E-state index in [0.717, 1.165) is 0 Å². The molecule has 0 heterocycles. The molecule has 0 aliphatic heterocycles. The normalized spacial score (nSPS) is 8.25. The van der Waals surface area contributed by atoms with Crippen LogP contribution >= 0.6 is 0 Å². The van der Waals surface area contributed by atoms with Crippen molar-refractivity contribution in [2.45, 2.75) is 0 Å². The molecule has 1 rings (SSSR count). The van der Waals surface area contributed by atoms with Crippen LogP contribution in [0.2, 0.25) is 0 Å². The molecule has 0 bridgehead atoms. The number of rotatable bonds is 1. The van der Waals surface area contributed by atoms with Crippen molar-refractivity contribution in [3.8, 4) is 12.3 Å². The van der Waals surface area contributed by atoms with E-state index in [1.807, 2.05) is 12.3 Å². The fraction of sp³-hybridized carbons (Fsp3) is 0.111. The fourth-order valence-electron chi connectivity index (χ4n) is 0.915. The van der Waals surface area contributed by atoms with Gasteiger partial charge in [0, 0.05) is 7.05 Å². The summed E-state index contributed by atoms with van der Waals surface area (Å²) in [4.78, 5) is 1.36. The summed E-state index contributed by atoms with van der Waals surface area (Å²) in [5, 5.41) is 17.3. The SMILES string of the molecule is CN(C#N)c1ccccc1C#N. The quantitative estimate of drug-likeness (QED) is 0.458. The van der Waals surface area contributed by atoms with Crippen LogP contribution in [0.15, 0.2) is 24.3 Å². The summed E-state index contributed by atoms with van der Waals surface area (Å²) in [7, 11) is 1.62. The van der Waals surface area contributed by atoms with Crippen LogP contribution in [-0.2, 0) is 0 Å². The van der Waals surface area contributed by atoms with E-state index in [1.165, 1.54) is 4.90 Å². The van der Waals surface area contributed by atoms with Crippen molar-refractivity contribution in [1.29, 1.82) is 10.5 Å². The van der Waals surface area contributed by atoms with Crippen LogP contribution in [0, 0.1) is 22.8 Å². The number of hydrogen-bond acceptors (Lipinski definition) is 3. The summed E-state index contributed by atoms with van der Waals surface area (Å²) in [6.45, 7) is 0. The van der Waals surface area contributed by atoms with Gasteiger partial charge in [0.2, 0.25) is 0 Å². The number of para-hydroxylation sites is 1. The standard InChI is InChI=1S/C9H7N3/c1-12(7-11)9-5-3-2-4-8(9)6-10/h2-5H,1H3. The van der Waals surface area contributed by atoms with Crippen LogP contribution in [0.1, 0.15) is 5.56 Å². The lowest BCUT2D eigenvalue weighted by Gasteiger charge is -2.09. The van der Waals surface area contributed by atoms with Crippen LogP contribution in [0.5, 0.6) is 0 Å². The number of nitriles is 2. The van der Waals surface area contributed by atoms with E-state index in [-0.39, 0.29) is 0 Å². The zero-order valence-corrected chi connectivity index (χ0v) is 6.65. The first kappa shape index (κ1) is 8.10. The molecule has 0 saturated carbocycles. The lowest BCUT2D eigenvalue weighted by atomic mass is 10.2. The van der Waals surface area contributed by atoms with Gasteiger partial charge in [-0.25, -0.2) is 0 Å². The third kappa shape index (κ3) is 1.36. The highest BCUT2D eigenvalue weighted by Gasteiger charge is 2.03. The minimum Gasteiger partial charge on any atom is -0.281 e. The molecule has 0 saturated heterocycles. The van der Waals surface area contributed by atoms with E-state index < -0.39 is 0 Å². The molecule has 0 aromatic heterocycles.